The van der Waals surface area contributed by atoms with Crippen LogP contribution in [-0.2, 0) is 11.2 Å². The first-order valence-electron chi connectivity index (χ1n) is 6.69. The van der Waals surface area contributed by atoms with Gasteiger partial charge >= 0.3 is 11.9 Å². The summed E-state index contributed by atoms with van der Waals surface area (Å²) in [6.07, 6.45) is 4.14. The van der Waals surface area contributed by atoms with Crippen LogP contribution >= 0.6 is 0 Å². The molecule has 1 aromatic rings. The summed E-state index contributed by atoms with van der Waals surface area (Å²) in [6, 6.07) is 4.50. The van der Waals surface area contributed by atoms with E-state index in [2.05, 4.69) is 0 Å². The van der Waals surface area contributed by atoms with Crippen LogP contribution in [0.25, 0.3) is 0 Å². The number of ether oxygens (including phenoxy) is 1. The van der Waals surface area contributed by atoms with E-state index in [0.717, 1.165) is 5.57 Å². The zero-order chi connectivity index (χ0) is 16.0. The third-order valence-electron chi connectivity index (χ3n) is 3.00. The summed E-state index contributed by atoms with van der Waals surface area (Å²) < 4.78 is 5.34. The van der Waals surface area contributed by atoms with Gasteiger partial charge in [-0.25, -0.2) is 9.59 Å². The largest absolute Gasteiger partial charge is 0.478 e. The van der Waals surface area contributed by atoms with Crippen molar-refractivity contribution in [2.24, 2.45) is 0 Å². The van der Waals surface area contributed by atoms with Gasteiger partial charge in [-0.15, -0.1) is 0 Å². The van der Waals surface area contributed by atoms with Crippen molar-refractivity contribution in [2.45, 2.75) is 34.1 Å². The molecule has 112 valence electrons. The molecule has 0 saturated carbocycles. The normalized spacial score (nSPS) is 11.0. The third-order valence-corrected chi connectivity index (χ3v) is 3.00. The molecule has 0 saturated heterocycles. The molecule has 1 N–H and O–H groups in total. The Balaban J connectivity index is 3.14. The van der Waals surface area contributed by atoms with Crippen molar-refractivity contribution >= 4 is 11.9 Å². The number of carboxylic acid groups (broad SMARTS) is 1. The maximum absolute atomic E-state index is 11.8. The molecule has 0 radical (unpaired) electrons. The average Bonchev–Trinajstić information content (AvgIpc) is 2.44. The quantitative estimate of drug-likeness (QED) is 0.388. The molecule has 0 aliphatic heterocycles. The van der Waals surface area contributed by atoms with Gasteiger partial charge in [-0.3, -0.25) is 0 Å². The topological polar surface area (TPSA) is 63.6 Å². The van der Waals surface area contributed by atoms with Gasteiger partial charge in [0.05, 0.1) is 5.56 Å². The smallest absolute Gasteiger partial charge is 0.338 e. The lowest BCUT2D eigenvalue weighted by molar-refractivity contribution is -0.130. The maximum atomic E-state index is 11.8. The predicted octanol–water partition coefficient (Wildman–Crippen LogP) is 3.77. The number of hydrogen-bond donors (Lipinski definition) is 1. The Hall–Kier alpha value is -2.36. The molecule has 0 unspecified atom stereocenters. The van der Waals surface area contributed by atoms with Crippen molar-refractivity contribution in [3.8, 4) is 5.75 Å². The summed E-state index contributed by atoms with van der Waals surface area (Å²) in [4.78, 5) is 22.9. The number of rotatable bonds is 5. The number of aromatic carboxylic acids is 1. The molecule has 0 fully saturated rings. The highest BCUT2D eigenvalue weighted by molar-refractivity contribution is 5.90. The monoisotopic (exact) mass is 288 g/mol. The van der Waals surface area contributed by atoms with Crippen LogP contribution in [0.4, 0.5) is 0 Å². The maximum Gasteiger partial charge on any atom is 0.338 e. The van der Waals surface area contributed by atoms with Crippen LogP contribution in [0, 0.1) is 0 Å². The molecule has 1 aromatic carbocycles. The molecule has 0 heterocycles. The fourth-order valence-corrected chi connectivity index (χ4v) is 1.58. The first-order chi connectivity index (χ1) is 9.85. The Labute approximate surface area is 124 Å². The summed E-state index contributed by atoms with van der Waals surface area (Å²) >= 11 is 0. The predicted molar refractivity (Wildman–Crippen MR) is 81.6 cm³/mol. The van der Waals surface area contributed by atoms with Gasteiger partial charge in [0.1, 0.15) is 5.75 Å². The molecule has 0 aliphatic rings. The molecule has 4 heteroatoms. The minimum absolute atomic E-state index is 0.176. The lowest BCUT2D eigenvalue weighted by atomic mass is 10.1. The summed E-state index contributed by atoms with van der Waals surface area (Å²) in [7, 11) is 0. The second-order valence-corrected chi connectivity index (χ2v) is 4.97. The molecule has 0 spiro atoms. The Morgan fingerprint density at radius 3 is 2.43 bits per heavy atom. The van der Waals surface area contributed by atoms with Crippen molar-refractivity contribution in [3.63, 3.8) is 0 Å². The number of carbonyl (C=O) groups excluding carboxylic acids is 1. The molecular weight excluding hydrogens is 268 g/mol. The molecule has 0 aromatic heterocycles. The van der Waals surface area contributed by atoms with E-state index in [1.165, 1.54) is 18.2 Å². The van der Waals surface area contributed by atoms with Crippen molar-refractivity contribution < 1.29 is 19.4 Å². The van der Waals surface area contributed by atoms with Gasteiger partial charge in [-0.1, -0.05) is 17.7 Å². The highest BCUT2D eigenvalue weighted by atomic mass is 16.5. The first kappa shape index (κ1) is 16.7. The summed E-state index contributed by atoms with van der Waals surface area (Å²) in [5.74, 6) is -1.04. The SMILES string of the molecule is C/C=C(/C)C(=O)Oc1ccc(C(=O)O)cc1CC=C(C)C. The van der Waals surface area contributed by atoms with E-state index < -0.39 is 11.9 Å². The zero-order valence-electron chi connectivity index (χ0n) is 12.8. The molecular formula is C17H20O4. The zero-order valence-corrected chi connectivity index (χ0v) is 12.8. The van der Waals surface area contributed by atoms with Crippen molar-refractivity contribution in [1.29, 1.82) is 0 Å². The molecule has 0 amide bonds. The Morgan fingerprint density at radius 2 is 1.90 bits per heavy atom. The molecule has 1 rings (SSSR count). The highest BCUT2D eigenvalue weighted by Gasteiger charge is 2.13. The van der Waals surface area contributed by atoms with Crippen molar-refractivity contribution in [2.75, 3.05) is 0 Å². The minimum atomic E-state index is -1.00. The second-order valence-electron chi connectivity index (χ2n) is 4.97. The number of carbonyl (C=O) groups is 2. The summed E-state index contributed by atoms with van der Waals surface area (Å²) in [5, 5.41) is 9.05. The van der Waals surface area contributed by atoms with E-state index in [0.29, 0.717) is 23.3 Å². The van der Waals surface area contributed by atoms with Gasteiger partial charge in [-0.2, -0.15) is 0 Å². The van der Waals surface area contributed by atoms with Gasteiger partial charge < -0.3 is 9.84 Å². The van der Waals surface area contributed by atoms with Crippen LogP contribution in [0.5, 0.6) is 5.75 Å². The van der Waals surface area contributed by atoms with E-state index in [1.54, 1.807) is 19.9 Å². The second kappa shape index (κ2) is 7.43. The third kappa shape index (κ3) is 4.91. The van der Waals surface area contributed by atoms with E-state index in [-0.39, 0.29) is 5.56 Å². The molecule has 21 heavy (non-hydrogen) atoms. The molecule has 4 nitrogen and oxygen atoms in total. The first-order valence-corrected chi connectivity index (χ1v) is 6.69. The van der Waals surface area contributed by atoms with Crippen molar-refractivity contribution in [3.05, 3.63) is 52.6 Å². The fraction of sp³-hybridized carbons (Fsp3) is 0.294. The number of hydrogen-bond acceptors (Lipinski definition) is 3. The number of benzene rings is 1. The van der Waals surface area contributed by atoms with Crippen LogP contribution in [0.1, 0.15) is 43.6 Å². The summed E-state index contributed by atoms with van der Waals surface area (Å²) in [5.41, 5.74) is 2.46. The Bertz CT molecular complexity index is 605. The summed E-state index contributed by atoms with van der Waals surface area (Å²) in [6.45, 7) is 7.34. The van der Waals surface area contributed by atoms with E-state index >= 15 is 0 Å². The van der Waals surface area contributed by atoms with Gasteiger partial charge in [-0.05, 0) is 57.9 Å². The fourth-order valence-electron chi connectivity index (χ4n) is 1.58. The minimum Gasteiger partial charge on any atom is -0.478 e. The van der Waals surface area contributed by atoms with Gasteiger partial charge in [0.2, 0.25) is 0 Å². The van der Waals surface area contributed by atoms with Gasteiger partial charge in [0.15, 0.2) is 0 Å². The molecule has 0 aliphatic carbocycles. The van der Waals surface area contributed by atoms with Crippen LogP contribution < -0.4 is 4.74 Å². The lowest BCUT2D eigenvalue weighted by Gasteiger charge is -2.10. The van der Waals surface area contributed by atoms with E-state index in [9.17, 15) is 9.59 Å². The van der Waals surface area contributed by atoms with Crippen molar-refractivity contribution in [1.82, 2.24) is 0 Å². The van der Waals surface area contributed by atoms with Crippen LogP contribution in [0.2, 0.25) is 0 Å². The van der Waals surface area contributed by atoms with Crippen LogP contribution in [0.3, 0.4) is 0 Å². The molecule has 0 atom stereocenters. The Morgan fingerprint density at radius 1 is 1.24 bits per heavy atom. The van der Waals surface area contributed by atoms with Gasteiger partial charge in [0.25, 0.3) is 0 Å². The standard InChI is InChI=1S/C17H20O4/c1-5-12(4)17(20)21-15-9-8-14(16(18)19)10-13(15)7-6-11(2)3/h5-6,8-10H,7H2,1-4H3,(H,18,19)/b12-5-. The highest BCUT2D eigenvalue weighted by Crippen LogP contribution is 2.23. The number of allylic oxidation sites excluding steroid dienone is 3. The Kier molecular flexibility index (Phi) is 5.91. The number of esters is 1. The van der Waals surface area contributed by atoms with E-state index in [1.807, 2.05) is 19.9 Å². The molecule has 0 bridgehead atoms. The average molecular weight is 288 g/mol. The van der Waals surface area contributed by atoms with E-state index in [4.69, 9.17) is 9.84 Å². The lowest BCUT2D eigenvalue weighted by Crippen LogP contribution is -2.11. The van der Waals surface area contributed by atoms with Crippen LogP contribution in [0.15, 0.2) is 41.5 Å². The number of carboxylic acids is 1. The van der Waals surface area contributed by atoms with Gasteiger partial charge in [0, 0.05) is 5.57 Å². The van der Waals surface area contributed by atoms with Crippen LogP contribution in [-0.4, -0.2) is 17.0 Å².